The van der Waals surface area contributed by atoms with Crippen molar-refractivity contribution < 1.29 is 13.2 Å². The molecule has 3 N–H and O–H groups in total. The highest BCUT2D eigenvalue weighted by Gasteiger charge is 2.27. The molecule has 1 amide bonds. The Morgan fingerprint density at radius 3 is 2.65 bits per heavy atom. The lowest BCUT2D eigenvalue weighted by atomic mass is 10.3. The lowest BCUT2D eigenvalue weighted by molar-refractivity contribution is -0.120. The van der Waals surface area contributed by atoms with Crippen LogP contribution in [-0.2, 0) is 14.8 Å². The van der Waals surface area contributed by atoms with E-state index in [1.807, 2.05) is 6.92 Å². The maximum atomic E-state index is 12.6. The summed E-state index contributed by atoms with van der Waals surface area (Å²) in [4.78, 5) is 11.5. The summed E-state index contributed by atoms with van der Waals surface area (Å²) in [5.41, 5.74) is 5.99. The third kappa shape index (κ3) is 3.94. The van der Waals surface area contributed by atoms with E-state index in [-0.39, 0.29) is 23.9 Å². The molecule has 0 atom stereocenters. The molecule has 0 aliphatic carbocycles. The van der Waals surface area contributed by atoms with Crippen LogP contribution in [0.2, 0.25) is 0 Å². The molecule has 0 bridgehead atoms. The van der Waals surface area contributed by atoms with Crippen molar-refractivity contribution in [2.45, 2.75) is 18.2 Å². The van der Waals surface area contributed by atoms with Crippen LogP contribution in [0.25, 0.3) is 0 Å². The lowest BCUT2D eigenvalue weighted by Gasteiger charge is -2.21. The number of hydrogen-bond acceptors (Lipinski definition) is 4. The molecule has 0 aliphatic rings. The summed E-state index contributed by atoms with van der Waals surface area (Å²) in [6.45, 7) is 1.89. The van der Waals surface area contributed by atoms with Gasteiger partial charge in [0.25, 0.3) is 0 Å². The fourth-order valence-corrected chi connectivity index (χ4v) is 4.08. The molecule has 112 valence electrons. The van der Waals surface area contributed by atoms with Crippen molar-refractivity contribution in [1.29, 1.82) is 0 Å². The minimum Gasteiger partial charge on any atom is -0.399 e. The first-order valence-corrected chi connectivity index (χ1v) is 8.32. The molecule has 0 saturated heterocycles. The van der Waals surface area contributed by atoms with E-state index >= 15 is 0 Å². The second-order valence-corrected chi connectivity index (χ2v) is 6.96. The van der Waals surface area contributed by atoms with Crippen molar-refractivity contribution in [2.24, 2.45) is 0 Å². The van der Waals surface area contributed by atoms with Gasteiger partial charge < -0.3 is 11.1 Å². The summed E-state index contributed by atoms with van der Waals surface area (Å²) in [6, 6.07) is 4.56. The van der Waals surface area contributed by atoms with Crippen LogP contribution >= 0.6 is 15.9 Å². The molecule has 20 heavy (non-hydrogen) atoms. The first-order chi connectivity index (χ1) is 9.32. The number of likely N-dealkylation sites (N-methyl/N-ethyl adjacent to an activating group) is 1. The highest BCUT2D eigenvalue weighted by atomic mass is 79.9. The Labute approximate surface area is 127 Å². The molecule has 0 heterocycles. The lowest BCUT2D eigenvalue weighted by Crippen LogP contribution is -2.40. The fraction of sp³-hybridized carbons (Fsp3) is 0.417. The van der Waals surface area contributed by atoms with Crippen LogP contribution in [-0.4, -0.2) is 38.8 Å². The number of nitrogens with two attached hydrogens (primary N) is 1. The number of benzene rings is 1. The Balaban J connectivity index is 3.22. The standard InChI is InChI=1S/C12H18BrN3O3S/c1-3-6-16(8-12(17)15-2)20(18,19)11-7-9(14)4-5-10(11)13/h4-5,7H,3,6,8,14H2,1-2H3,(H,15,17). The number of amides is 1. The van der Waals surface area contributed by atoms with E-state index in [1.165, 1.54) is 13.1 Å². The van der Waals surface area contributed by atoms with Crippen LogP contribution < -0.4 is 11.1 Å². The average molecular weight is 364 g/mol. The molecule has 1 rings (SSSR count). The maximum Gasteiger partial charge on any atom is 0.244 e. The molecular formula is C12H18BrN3O3S. The molecule has 0 radical (unpaired) electrons. The molecule has 0 aromatic heterocycles. The van der Waals surface area contributed by atoms with E-state index in [0.717, 1.165) is 4.31 Å². The number of nitrogens with one attached hydrogen (secondary N) is 1. The van der Waals surface area contributed by atoms with E-state index < -0.39 is 10.0 Å². The second kappa shape index (κ2) is 7.05. The summed E-state index contributed by atoms with van der Waals surface area (Å²) in [5.74, 6) is -0.359. The number of halogens is 1. The Morgan fingerprint density at radius 2 is 2.10 bits per heavy atom. The van der Waals surface area contributed by atoms with E-state index in [4.69, 9.17) is 5.73 Å². The quantitative estimate of drug-likeness (QED) is 0.742. The zero-order valence-corrected chi connectivity index (χ0v) is 13.8. The van der Waals surface area contributed by atoms with Gasteiger partial charge in [-0.25, -0.2) is 8.42 Å². The van der Waals surface area contributed by atoms with Crippen molar-refractivity contribution >= 4 is 37.5 Å². The minimum absolute atomic E-state index is 0.0647. The van der Waals surface area contributed by atoms with Gasteiger partial charge in [0.1, 0.15) is 0 Å². The normalized spacial score (nSPS) is 11.6. The summed E-state index contributed by atoms with van der Waals surface area (Å²) in [5, 5.41) is 2.42. The molecule has 1 aromatic carbocycles. The maximum absolute atomic E-state index is 12.6. The number of rotatable bonds is 6. The highest BCUT2D eigenvalue weighted by Crippen LogP contribution is 2.27. The predicted molar refractivity (Wildman–Crippen MR) is 81.7 cm³/mol. The van der Waals surface area contributed by atoms with E-state index in [2.05, 4.69) is 21.2 Å². The molecule has 0 unspecified atom stereocenters. The van der Waals surface area contributed by atoms with Gasteiger partial charge in [0.05, 0.1) is 11.4 Å². The second-order valence-electron chi connectivity index (χ2n) is 4.20. The SMILES string of the molecule is CCCN(CC(=O)NC)S(=O)(=O)c1cc(N)ccc1Br. The number of nitrogens with zero attached hydrogens (tertiary/aromatic N) is 1. The number of carbonyl (C=O) groups is 1. The van der Waals surface area contributed by atoms with Gasteiger partial charge in [-0.1, -0.05) is 6.92 Å². The van der Waals surface area contributed by atoms with Crippen LogP contribution in [0.3, 0.4) is 0 Å². The van der Waals surface area contributed by atoms with Crippen molar-refractivity contribution in [1.82, 2.24) is 9.62 Å². The zero-order chi connectivity index (χ0) is 15.3. The van der Waals surface area contributed by atoms with Crippen LogP contribution in [0, 0.1) is 0 Å². The molecular weight excluding hydrogens is 346 g/mol. The summed E-state index contributed by atoms with van der Waals surface area (Å²) >= 11 is 3.21. The Bertz CT molecular complexity index is 590. The van der Waals surface area contributed by atoms with Crippen LogP contribution in [0.4, 0.5) is 5.69 Å². The smallest absolute Gasteiger partial charge is 0.244 e. The average Bonchev–Trinajstić information content (AvgIpc) is 2.40. The number of anilines is 1. The van der Waals surface area contributed by atoms with Crippen LogP contribution in [0.1, 0.15) is 13.3 Å². The number of carbonyl (C=O) groups excluding carboxylic acids is 1. The first kappa shape index (κ1) is 16.9. The van der Waals surface area contributed by atoms with Gasteiger partial charge in [0.2, 0.25) is 15.9 Å². The number of sulfonamides is 1. The molecule has 8 heteroatoms. The summed E-state index contributed by atoms with van der Waals surface area (Å²) in [6.07, 6.45) is 0.607. The van der Waals surface area contributed by atoms with Gasteiger partial charge >= 0.3 is 0 Å². The third-order valence-electron chi connectivity index (χ3n) is 2.64. The van der Waals surface area contributed by atoms with Gasteiger partial charge in [0.15, 0.2) is 0 Å². The highest BCUT2D eigenvalue weighted by molar-refractivity contribution is 9.10. The third-order valence-corrected chi connectivity index (χ3v) is 5.48. The number of nitrogen functional groups attached to an aromatic ring is 1. The Morgan fingerprint density at radius 1 is 1.45 bits per heavy atom. The zero-order valence-electron chi connectivity index (χ0n) is 11.4. The minimum atomic E-state index is -3.78. The van der Waals surface area contributed by atoms with E-state index in [0.29, 0.717) is 16.6 Å². The van der Waals surface area contributed by atoms with Crippen molar-refractivity contribution in [3.05, 3.63) is 22.7 Å². The van der Waals surface area contributed by atoms with Gasteiger partial charge in [-0.15, -0.1) is 0 Å². The molecule has 0 fully saturated rings. The van der Waals surface area contributed by atoms with E-state index in [9.17, 15) is 13.2 Å². The topological polar surface area (TPSA) is 92.5 Å². The molecule has 0 saturated carbocycles. The summed E-state index contributed by atoms with van der Waals surface area (Å²) < 4.78 is 26.8. The van der Waals surface area contributed by atoms with Crippen molar-refractivity contribution in [3.8, 4) is 0 Å². The predicted octanol–water partition coefficient (Wildman–Crippen LogP) is 1.18. The van der Waals surface area contributed by atoms with E-state index in [1.54, 1.807) is 12.1 Å². The van der Waals surface area contributed by atoms with Gasteiger partial charge in [-0.05, 0) is 40.5 Å². The number of hydrogen-bond donors (Lipinski definition) is 2. The monoisotopic (exact) mass is 363 g/mol. The van der Waals surface area contributed by atoms with Gasteiger partial charge in [-0.2, -0.15) is 4.31 Å². The van der Waals surface area contributed by atoms with Crippen LogP contribution in [0.15, 0.2) is 27.6 Å². The summed E-state index contributed by atoms with van der Waals surface area (Å²) in [7, 11) is -2.31. The first-order valence-electron chi connectivity index (χ1n) is 6.08. The Kier molecular flexibility index (Phi) is 5.97. The molecule has 0 spiro atoms. The Hall–Kier alpha value is -1.12. The molecule has 1 aromatic rings. The van der Waals surface area contributed by atoms with Gasteiger partial charge in [-0.3, -0.25) is 4.79 Å². The van der Waals surface area contributed by atoms with Crippen LogP contribution in [0.5, 0.6) is 0 Å². The van der Waals surface area contributed by atoms with Gasteiger partial charge in [0, 0.05) is 23.8 Å². The largest absolute Gasteiger partial charge is 0.399 e. The fourth-order valence-electron chi connectivity index (χ4n) is 1.63. The van der Waals surface area contributed by atoms with Crippen molar-refractivity contribution in [2.75, 3.05) is 25.9 Å². The molecule has 6 nitrogen and oxygen atoms in total. The molecule has 0 aliphatic heterocycles. The van der Waals surface area contributed by atoms with Crippen molar-refractivity contribution in [3.63, 3.8) is 0 Å².